The fraction of sp³-hybridized carbons (Fsp3) is 0.411. The summed E-state index contributed by atoms with van der Waals surface area (Å²) < 4.78 is 0. The number of aryl methyl sites for hydroxylation is 2. The van der Waals surface area contributed by atoms with E-state index in [0.29, 0.717) is 23.7 Å². The molecule has 356 valence electrons. The third-order valence-electron chi connectivity index (χ3n) is 12.5. The van der Waals surface area contributed by atoms with Crippen LogP contribution in [0.1, 0.15) is 139 Å². The minimum Gasteiger partial charge on any atom is -0.338 e. The average molecular weight is 913 g/mol. The summed E-state index contributed by atoms with van der Waals surface area (Å²) in [7, 11) is 0. The van der Waals surface area contributed by atoms with Crippen LogP contribution in [0.3, 0.4) is 0 Å². The van der Waals surface area contributed by atoms with Crippen LogP contribution in [-0.2, 0) is 13.1 Å². The summed E-state index contributed by atoms with van der Waals surface area (Å²) in [5.74, 6) is 2.96. The van der Waals surface area contributed by atoms with Gasteiger partial charge >= 0.3 is 0 Å². The van der Waals surface area contributed by atoms with Crippen molar-refractivity contribution in [3.63, 3.8) is 0 Å². The number of hydrogen-bond donors (Lipinski definition) is 3. The van der Waals surface area contributed by atoms with Gasteiger partial charge in [-0.05, 0) is 140 Å². The zero-order valence-electron chi connectivity index (χ0n) is 41.4. The van der Waals surface area contributed by atoms with Crippen LogP contribution in [0.15, 0.2) is 112 Å². The van der Waals surface area contributed by atoms with Crippen molar-refractivity contribution < 1.29 is 0 Å². The van der Waals surface area contributed by atoms with E-state index in [4.69, 9.17) is 0 Å². The Labute approximate surface area is 403 Å². The topological polar surface area (TPSA) is 158 Å². The third-order valence-corrected chi connectivity index (χ3v) is 12.5. The smallest absolute Gasteiger partial charge is 0.181 e. The van der Waals surface area contributed by atoms with Gasteiger partial charge in [0.1, 0.15) is 6.33 Å². The minimum atomic E-state index is 0. The zero-order valence-corrected chi connectivity index (χ0v) is 41.4. The zero-order chi connectivity index (χ0) is 47.6. The molecule has 11 rings (SSSR count). The van der Waals surface area contributed by atoms with Crippen LogP contribution in [0.4, 0.5) is 11.5 Å². The Morgan fingerprint density at radius 2 is 1.31 bits per heavy atom. The second-order valence-corrected chi connectivity index (χ2v) is 18.9. The van der Waals surface area contributed by atoms with Gasteiger partial charge in [0.15, 0.2) is 11.5 Å². The Bertz CT molecular complexity index is 2860. The van der Waals surface area contributed by atoms with Crippen molar-refractivity contribution in [3.8, 4) is 0 Å². The molecule has 2 aromatic carbocycles. The van der Waals surface area contributed by atoms with E-state index < -0.39 is 0 Å². The second-order valence-electron chi connectivity index (χ2n) is 18.9. The summed E-state index contributed by atoms with van der Waals surface area (Å²) in [4.78, 5) is 29.9. The fourth-order valence-corrected chi connectivity index (χ4v) is 8.90. The molecular formula is C56H72N12. The second kappa shape index (κ2) is 23.4. The lowest BCUT2D eigenvalue weighted by Gasteiger charge is -2.16. The molecule has 7 aromatic rings. The summed E-state index contributed by atoms with van der Waals surface area (Å²) in [6.07, 6.45) is 14.3. The summed E-state index contributed by atoms with van der Waals surface area (Å²) in [6, 6.07) is 18.5. The largest absolute Gasteiger partial charge is 0.338 e. The number of anilines is 2. The highest BCUT2D eigenvalue weighted by molar-refractivity contribution is 6.05. The van der Waals surface area contributed by atoms with E-state index in [9.17, 15) is 0 Å². The molecule has 12 heteroatoms. The number of aromatic nitrogens is 8. The maximum absolute atomic E-state index is 4.62. The quantitative estimate of drug-likeness (QED) is 0.150. The first-order valence-corrected chi connectivity index (χ1v) is 23.9. The average Bonchev–Trinajstić information content (AvgIpc) is 4.18. The molecule has 3 aliphatic heterocycles. The molecule has 0 spiro atoms. The first kappa shape index (κ1) is 50.7. The monoisotopic (exact) mass is 913 g/mol. The molecule has 0 radical (unpaired) electrons. The number of pyridine rings is 2. The summed E-state index contributed by atoms with van der Waals surface area (Å²) in [5, 5.41) is 20.2. The van der Waals surface area contributed by atoms with Gasteiger partial charge < -0.3 is 5.32 Å². The number of aliphatic imine (C=N–C) groups is 3. The van der Waals surface area contributed by atoms with E-state index in [2.05, 4.69) is 155 Å². The Hall–Kier alpha value is -6.69. The highest BCUT2D eigenvalue weighted by Gasteiger charge is 2.23. The van der Waals surface area contributed by atoms with E-state index >= 15 is 0 Å². The van der Waals surface area contributed by atoms with Gasteiger partial charge in [0.25, 0.3) is 0 Å². The van der Waals surface area contributed by atoms with Gasteiger partial charge in [-0.2, -0.15) is 10.2 Å². The highest BCUT2D eigenvalue weighted by atomic mass is 15.2. The van der Waals surface area contributed by atoms with Crippen molar-refractivity contribution in [2.75, 3.05) is 11.9 Å². The minimum absolute atomic E-state index is 0. The summed E-state index contributed by atoms with van der Waals surface area (Å²) in [6.45, 7) is 26.4. The summed E-state index contributed by atoms with van der Waals surface area (Å²) >= 11 is 0. The molecule has 4 aliphatic rings. The number of H-pyrrole nitrogens is 2. The van der Waals surface area contributed by atoms with Crippen molar-refractivity contribution in [2.45, 2.75) is 128 Å². The number of para-hydroxylation sites is 1. The molecule has 68 heavy (non-hydrogen) atoms. The van der Waals surface area contributed by atoms with Crippen LogP contribution in [0, 0.1) is 38.5 Å². The third kappa shape index (κ3) is 12.1. The van der Waals surface area contributed by atoms with E-state index in [-0.39, 0.29) is 7.43 Å². The maximum atomic E-state index is 4.62. The molecule has 0 fully saturated rings. The van der Waals surface area contributed by atoms with Crippen molar-refractivity contribution in [2.24, 2.45) is 32.7 Å². The molecule has 0 atom stereocenters. The number of benzene rings is 2. The number of hydrogen-bond acceptors (Lipinski definition) is 10. The van der Waals surface area contributed by atoms with Crippen LogP contribution in [-0.4, -0.2) is 64.0 Å². The first-order valence-electron chi connectivity index (χ1n) is 23.9. The number of nitrogens with one attached hydrogen (secondary N) is 3. The Morgan fingerprint density at radius 1 is 0.618 bits per heavy atom. The lowest BCUT2D eigenvalue weighted by atomic mass is 9.88. The van der Waals surface area contributed by atoms with Crippen LogP contribution in [0.25, 0.3) is 21.9 Å². The van der Waals surface area contributed by atoms with Gasteiger partial charge in [-0.15, -0.1) is 0 Å². The normalized spacial score (nSPS) is 14.3. The lowest BCUT2D eigenvalue weighted by molar-refractivity contribution is 0.684. The first-order chi connectivity index (χ1) is 32.3. The van der Waals surface area contributed by atoms with Gasteiger partial charge in [0.05, 0.1) is 30.8 Å². The van der Waals surface area contributed by atoms with E-state index in [1.54, 1.807) is 23.7 Å². The van der Waals surface area contributed by atoms with Crippen LogP contribution < -0.4 is 5.32 Å². The van der Waals surface area contributed by atoms with Gasteiger partial charge in [0.2, 0.25) is 0 Å². The Morgan fingerprint density at radius 3 is 2.07 bits per heavy atom. The molecule has 0 unspecified atom stereocenters. The summed E-state index contributed by atoms with van der Waals surface area (Å²) in [5.41, 5.74) is 19.7. The van der Waals surface area contributed by atoms with Gasteiger partial charge in [-0.25, -0.2) is 15.0 Å². The van der Waals surface area contributed by atoms with Crippen LogP contribution in [0.5, 0.6) is 0 Å². The van der Waals surface area contributed by atoms with Gasteiger partial charge in [0, 0.05) is 75.2 Å². The van der Waals surface area contributed by atoms with Crippen LogP contribution in [0.2, 0.25) is 0 Å². The number of fused-ring (bicyclic) bond motifs is 4. The van der Waals surface area contributed by atoms with E-state index in [1.807, 2.05) is 55.0 Å². The number of allylic oxidation sites excluding steroid dienone is 1. The number of aromatic amines is 2. The molecule has 12 nitrogen and oxygen atoms in total. The Kier molecular flexibility index (Phi) is 17.4. The molecule has 5 aromatic heterocycles. The standard InChI is InChI=1S/C16H17N3.C11H17N.C10H12N2.2C9H11N3.CH4/c1-10-8-11(2)12(3)15(9-10)17-16-13-6-4-5-7-14(13)18-19-16;1-8(2)11-10-6-4-3-5-9(10)7-12-11;1-7(2)10-9-6-11-4-3-8(9)5-12-10;1-6(2)9-7-3-10-5-12-8(7)4-11-9;1-6(2)8-7-4-3-5-10-9(7)12-11-8;/h4-9H,1-3H3,(H2,17,18,19);8H,3-7H2,1-2H3;3-4,6-7H,5H2,1-2H3;3,5-6H,4H2,1-2H3;3-6H,1-2H3,(H,10,11,12);1H4. The number of nitrogens with zero attached hydrogens (tertiary/aromatic N) is 9. The van der Waals surface area contributed by atoms with Crippen molar-refractivity contribution in [3.05, 3.63) is 142 Å². The SMILES string of the molecule is C.CC(C)C1=NCC2=C1CCCC2.CC(C)C1=NCc2ccncc21.CC(C)C1=NCc2ncncc21.CC(C)c1[nH]nc2ncccc12.Cc1cc(C)c(C)c(Nc2n[nH]c3ccccc23)c1. The maximum Gasteiger partial charge on any atom is 0.181 e. The van der Waals surface area contributed by atoms with Gasteiger partial charge in [-0.1, -0.05) is 81.0 Å². The molecule has 3 N–H and O–H groups in total. The van der Waals surface area contributed by atoms with E-state index in [1.165, 1.54) is 64.9 Å². The van der Waals surface area contributed by atoms with Crippen molar-refractivity contribution in [1.29, 1.82) is 0 Å². The van der Waals surface area contributed by atoms with Crippen molar-refractivity contribution >= 4 is 50.6 Å². The molecule has 0 saturated heterocycles. The molecular weight excluding hydrogens is 841 g/mol. The van der Waals surface area contributed by atoms with Crippen molar-refractivity contribution in [1.82, 2.24) is 40.3 Å². The fourth-order valence-electron chi connectivity index (χ4n) is 8.90. The van der Waals surface area contributed by atoms with Crippen LogP contribution >= 0.6 is 0 Å². The predicted octanol–water partition coefficient (Wildman–Crippen LogP) is 13.4. The van der Waals surface area contributed by atoms with E-state index in [0.717, 1.165) is 75.7 Å². The van der Waals surface area contributed by atoms with Gasteiger partial charge in [-0.3, -0.25) is 30.2 Å². The Balaban J connectivity index is 0.000000142. The lowest BCUT2D eigenvalue weighted by Crippen LogP contribution is -2.10. The highest BCUT2D eigenvalue weighted by Crippen LogP contribution is 2.32. The molecule has 1 aliphatic carbocycles. The predicted molar refractivity (Wildman–Crippen MR) is 284 cm³/mol. The number of rotatable bonds is 6. The molecule has 0 saturated carbocycles. The molecule has 0 bridgehead atoms. The molecule has 8 heterocycles. The molecule has 0 amide bonds.